The van der Waals surface area contributed by atoms with Gasteiger partial charge in [0, 0.05) is 11.6 Å². The van der Waals surface area contributed by atoms with E-state index in [0.717, 1.165) is 11.3 Å². The first-order chi connectivity index (χ1) is 5.77. The lowest BCUT2D eigenvalue weighted by Crippen LogP contribution is -2.00. The van der Waals surface area contributed by atoms with E-state index < -0.39 is 0 Å². The fourth-order valence-electron chi connectivity index (χ4n) is 1.34. The summed E-state index contributed by atoms with van der Waals surface area (Å²) in [7, 11) is 0. The van der Waals surface area contributed by atoms with Gasteiger partial charge in [-0.1, -0.05) is 29.8 Å². The molecule has 0 atom stereocenters. The molecule has 62 valence electrons. The molecule has 0 saturated heterocycles. The Labute approximate surface area is 72.9 Å². The molecule has 0 spiro atoms. The molecule has 0 heterocycles. The van der Waals surface area contributed by atoms with Gasteiger partial charge in [0.05, 0.1) is 0 Å². The second kappa shape index (κ2) is 2.74. The van der Waals surface area contributed by atoms with Crippen LogP contribution < -0.4 is 0 Å². The van der Waals surface area contributed by atoms with Crippen LogP contribution in [-0.4, -0.2) is 5.71 Å². The zero-order valence-corrected chi connectivity index (χ0v) is 7.30. The van der Waals surface area contributed by atoms with Crippen LogP contribution >= 0.6 is 0 Å². The van der Waals surface area contributed by atoms with Crippen LogP contribution in [0.5, 0.6) is 0 Å². The lowest BCUT2D eigenvalue weighted by atomic mass is 10.1. The van der Waals surface area contributed by atoms with Gasteiger partial charge in [-0.15, -0.1) is 0 Å². The summed E-state index contributed by atoms with van der Waals surface area (Å²) in [5.74, 6) is 0.563. The molecule has 1 nitrogen and oxygen atoms in total. The average Bonchev–Trinajstić information content (AvgIpc) is 2.87. The van der Waals surface area contributed by atoms with Crippen molar-refractivity contribution in [2.45, 2.75) is 19.8 Å². The van der Waals surface area contributed by atoms with Crippen molar-refractivity contribution in [1.82, 2.24) is 0 Å². The fourth-order valence-corrected chi connectivity index (χ4v) is 1.34. The third-order valence-corrected chi connectivity index (χ3v) is 2.35. The monoisotopic (exact) mass is 159 g/mol. The SMILES string of the molecule is Cc1ccc(C(=N)C2CC2)cc1. The summed E-state index contributed by atoms with van der Waals surface area (Å²) < 4.78 is 0. The van der Waals surface area contributed by atoms with E-state index in [9.17, 15) is 0 Å². The van der Waals surface area contributed by atoms with Crippen LogP contribution in [0.3, 0.4) is 0 Å². The van der Waals surface area contributed by atoms with Crippen molar-refractivity contribution >= 4 is 5.71 Å². The quantitative estimate of drug-likeness (QED) is 0.641. The molecule has 1 aliphatic carbocycles. The number of rotatable bonds is 2. The van der Waals surface area contributed by atoms with Gasteiger partial charge in [0.2, 0.25) is 0 Å². The molecule has 0 bridgehead atoms. The van der Waals surface area contributed by atoms with E-state index in [4.69, 9.17) is 5.41 Å². The van der Waals surface area contributed by atoms with Gasteiger partial charge in [0.1, 0.15) is 0 Å². The number of hydrogen-bond acceptors (Lipinski definition) is 1. The van der Waals surface area contributed by atoms with Crippen molar-refractivity contribution in [3.05, 3.63) is 35.4 Å². The molecule has 1 aromatic rings. The topological polar surface area (TPSA) is 23.9 Å². The summed E-state index contributed by atoms with van der Waals surface area (Å²) >= 11 is 0. The first-order valence-electron chi connectivity index (χ1n) is 4.43. The summed E-state index contributed by atoms with van der Waals surface area (Å²) in [6, 6.07) is 8.25. The van der Waals surface area contributed by atoms with Crippen LogP contribution in [0.2, 0.25) is 0 Å². The summed E-state index contributed by atoms with van der Waals surface area (Å²) in [4.78, 5) is 0. The minimum atomic E-state index is 0.563. The summed E-state index contributed by atoms with van der Waals surface area (Å²) in [5, 5.41) is 7.82. The van der Waals surface area contributed by atoms with Crippen LogP contribution in [0.15, 0.2) is 24.3 Å². The molecule has 1 N–H and O–H groups in total. The van der Waals surface area contributed by atoms with Crippen molar-refractivity contribution in [3.8, 4) is 0 Å². The highest BCUT2D eigenvalue weighted by molar-refractivity contribution is 6.01. The Balaban J connectivity index is 2.22. The normalized spacial score (nSPS) is 16.1. The smallest absolute Gasteiger partial charge is 0.0417 e. The Morgan fingerprint density at radius 1 is 1.25 bits per heavy atom. The van der Waals surface area contributed by atoms with E-state index >= 15 is 0 Å². The number of aryl methyl sites for hydroxylation is 1. The highest BCUT2D eigenvalue weighted by Crippen LogP contribution is 2.32. The number of hydrogen-bond donors (Lipinski definition) is 1. The Morgan fingerprint density at radius 2 is 1.83 bits per heavy atom. The second-order valence-electron chi connectivity index (χ2n) is 3.55. The predicted octanol–water partition coefficient (Wildman–Crippen LogP) is 2.77. The molecule has 1 aromatic carbocycles. The largest absolute Gasteiger partial charge is 0.304 e. The van der Waals surface area contributed by atoms with E-state index in [1.54, 1.807) is 0 Å². The molecule has 1 aliphatic rings. The van der Waals surface area contributed by atoms with Crippen LogP contribution in [0.25, 0.3) is 0 Å². The Kier molecular flexibility index (Phi) is 1.72. The van der Waals surface area contributed by atoms with Gasteiger partial charge >= 0.3 is 0 Å². The number of benzene rings is 1. The Bertz CT molecular complexity index is 293. The molecule has 0 radical (unpaired) electrons. The maximum absolute atomic E-state index is 7.82. The van der Waals surface area contributed by atoms with E-state index in [2.05, 4.69) is 31.2 Å². The van der Waals surface area contributed by atoms with Crippen molar-refractivity contribution in [2.75, 3.05) is 0 Å². The Hall–Kier alpha value is -1.11. The van der Waals surface area contributed by atoms with Gasteiger partial charge in [-0.25, -0.2) is 0 Å². The molecule has 0 aliphatic heterocycles. The van der Waals surface area contributed by atoms with Crippen molar-refractivity contribution in [1.29, 1.82) is 5.41 Å². The molecule has 1 heteroatoms. The minimum absolute atomic E-state index is 0.563. The van der Waals surface area contributed by atoms with Gasteiger partial charge in [0.15, 0.2) is 0 Å². The molecule has 2 rings (SSSR count). The summed E-state index contributed by atoms with van der Waals surface area (Å²) in [5.41, 5.74) is 3.19. The minimum Gasteiger partial charge on any atom is -0.304 e. The maximum atomic E-state index is 7.82. The molecule has 0 unspecified atom stereocenters. The maximum Gasteiger partial charge on any atom is 0.0417 e. The van der Waals surface area contributed by atoms with Gasteiger partial charge in [-0.3, -0.25) is 0 Å². The van der Waals surface area contributed by atoms with E-state index in [-0.39, 0.29) is 0 Å². The fraction of sp³-hybridized carbons (Fsp3) is 0.364. The number of nitrogens with one attached hydrogen (secondary N) is 1. The predicted molar refractivity (Wildman–Crippen MR) is 50.7 cm³/mol. The highest BCUT2D eigenvalue weighted by atomic mass is 14.5. The standard InChI is InChI=1S/C11H13N/c1-8-2-4-9(5-3-8)11(12)10-6-7-10/h2-5,10,12H,6-7H2,1H3. The molecule has 0 aromatic heterocycles. The van der Waals surface area contributed by atoms with E-state index in [0.29, 0.717) is 5.92 Å². The van der Waals surface area contributed by atoms with Crippen LogP contribution in [0, 0.1) is 18.3 Å². The molecule has 1 saturated carbocycles. The van der Waals surface area contributed by atoms with E-state index in [1.165, 1.54) is 18.4 Å². The van der Waals surface area contributed by atoms with Crippen molar-refractivity contribution < 1.29 is 0 Å². The van der Waals surface area contributed by atoms with Gasteiger partial charge in [0.25, 0.3) is 0 Å². The van der Waals surface area contributed by atoms with Gasteiger partial charge < -0.3 is 5.41 Å². The molecule has 1 fully saturated rings. The first-order valence-corrected chi connectivity index (χ1v) is 4.43. The molecule has 12 heavy (non-hydrogen) atoms. The molecule has 0 amide bonds. The van der Waals surface area contributed by atoms with Gasteiger partial charge in [-0.05, 0) is 25.3 Å². The van der Waals surface area contributed by atoms with Gasteiger partial charge in [-0.2, -0.15) is 0 Å². The first kappa shape index (κ1) is 7.53. The average molecular weight is 159 g/mol. The molecular weight excluding hydrogens is 146 g/mol. The summed E-state index contributed by atoms with van der Waals surface area (Å²) in [6.07, 6.45) is 2.43. The third kappa shape index (κ3) is 1.40. The van der Waals surface area contributed by atoms with E-state index in [1.807, 2.05) is 0 Å². The highest BCUT2D eigenvalue weighted by Gasteiger charge is 2.26. The third-order valence-electron chi connectivity index (χ3n) is 2.35. The van der Waals surface area contributed by atoms with Crippen molar-refractivity contribution in [2.24, 2.45) is 5.92 Å². The lowest BCUT2D eigenvalue weighted by molar-refractivity contribution is 1.16. The second-order valence-corrected chi connectivity index (χ2v) is 3.55. The van der Waals surface area contributed by atoms with Crippen LogP contribution in [0.1, 0.15) is 24.0 Å². The van der Waals surface area contributed by atoms with Crippen LogP contribution in [-0.2, 0) is 0 Å². The molecular formula is C11H13N. The zero-order valence-electron chi connectivity index (χ0n) is 7.30. The van der Waals surface area contributed by atoms with Crippen LogP contribution in [0.4, 0.5) is 0 Å². The summed E-state index contributed by atoms with van der Waals surface area (Å²) in [6.45, 7) is 2.07. The zero-order chi connectivity index (χ0) is 8.55. The lowest BCUT2D eigenvalue weighted by Gasteiger charge is -2.01. The van der Waals surface area contributed by atoms with Crippen molar-refractivity contribution in [3.63, 3.8) is 0 Å². The Morgan fingerprint density at radius 3 is 2.33 bits per heavy atom.